The van der Waals surface area contributed by atoms with Crippen LogP contribution in [0.15, 0.2) is 24.3 Å². The molecule has 15 heavy (non-hydrogen) atoms. The summed E-state index contributed by atoms with van der Waals surface area (Å²) in [6.45, 7) is 0. The minimum absolute atomic E-state index is 0.246. The molecule has 0 radical (unpaired) electrons. The zero-order valence-corrected chi connectivity index (χ0v) is 8.23. The molecule has 0 aliphatic carbocycles. The quantitative estimate of drug-likeness (QED) is 0.815. The van der Waals surface area contributed by atoms with Crippen molar-refractivity contribution in [1.82, 2.24) is 14.8 Å². The smallest absolute Gasteiger partial charge is 0.335 e. The highest BCUT2D eigenvalue weighted by atomic mass is 32.1. The molecule has 1 aromatic heterocycles. The first-order valence-electron chi connectivity index (χ1n) is 4.01. The number of nitrogens with one attached hydrogen (secondary N) is 1. The summed E-state index contributed by atoms with van der Waals surface area (Å²) in [4.78, 5) is 10.6. The summed E-state index contributed by atoms with van der Waals surface area (Å²) in [5.74, 6) is -0.945. The van der Waals surface area contributed by atoms with Gasteiger partial charge in [0, 0.05) is 17.2 Å². The lowest BCUT2D eigenvalue weighted by atomic mass is 10.2. The fraction of sp³-hybridized carbons (Fsp3) is 0. The van der Waals surface area contributed by atoms with Crippen molar-refractivity contribution in [2.75, 3.05) is 5.32 Å². The van der Waals surface area contributed by atoms with Crippen molar-refractivity contribution in [2.24, 2.45) is 0 Å². The van der Waals surface area contributed by atoms with Gasteiger partial charge in [0.2, 0.25) is 5.13 Å². The molecule has 2 N–H and O–H groups in total. The lowest BCUT2D eigenvalue weighted by Gasteiger charge is -2.00. The average Bonchev–Trinajstić information content (AvgIpc) is 2.71. The Morgan fingerprint density at radius 1 is 1.33 bits per heavy atom. The zero-order valence-electron chi connectivity index (χ0n) is 7.41. The molecule has 76 valence electrons. The Bertz CT molecular complexity index is 454. The highest BCUT2D eigenvalue weighted by Gasteiger charge is 2.02. The molecule has 0 spiro atoms. The number of hydrogen-bond acceptors (Lipinski definition) is 6. The Labute approximate surface area is 88.7 Å². The number of carboxylic acid groups (broad SMARTS) is 1. The third-order valence-corrected chi connectivity index (χ3v) is 2.19. The first-order valence-corrected chi connectivity index (χ1v) is 4.78. The van der Waals surface area contributed by atoms with Crippen molar-refractivity contribution in [3.63, 3.8) is 0 Å². The normalized spacial score (nSPS) is 9.87. The second kappa shape index (κ2) is 4.01. The largest absolute Gasteiger partial charge is 0.478 e. The van der Waals surface area contributed by atoms with Crippen LogP contribution in [0.4, 0.5) is 10.8 Å². The maximum absolute atomic E-state index is 10.6. The highest BCUT2D eigenvalue weighted by molar-refractivity contribution is 7.09. The summed E-state index contributed by atoms with van der Waals surface area (Å²) in [5.41, 5.74) is 0.995. The molecule has 1 aromatic carbocycles. The van der Waals surface area contributed by atoms with Gasteiger partial charge < -0.3 is 10.4 Å². The summed E-state index contributed by atoms with van der Waals surface area (Å²) in [5, 5.41) is 19.3. The molecule has 0 unspecified atom stereocenters. The fourth-order valence-corrected chi connectivity index (χ4v) is 1.39. The van der Waals surface area contributed by atoms with Gasteiger partial charge in [-0.15, -0.1) is 0 Å². The van der Waals surface area contributed by atoms with Crippen molar-refractivity contribution in [1.29, 1.82) is 0 Å². The summed E-state index contributed by atoms with van der Waals surface area (Å²) < 4.78 is 3.59. The van der Waals surface area contributed by atoms with Crippen molar-refractivity contribution in [2.45, 2.75) is 0 Å². The minimum atomic E-state index is -0.945. The van der Waals surface area contributed by atoms with Crippen molar-refractivity contribution in [3.8, 4) is 0 Å². The first kappa shape index (κ1) is 9.53. The first-order chi connectivity index (χ1) is 7.25. The van der Waals surface area contributed by atoms with E-state index in [1.54, 1.807) is 12.1 Å². The molecule has 1 heterocycles. The molecule has 0 aliphatic heterocycles. The van der Waals surface area contributed by atoms with Crippen LogP contribution in [0.2, 0.25) is 0 Å². The Hall–Kier alpha value is -2.02. The Morgan fingerprint density at radius 3 is 2.60 bits per heavy atom. The van der Waals surface area contributed by atoms with Crippen molar-refractivity contribution < 1.29 is 9.90 Å². The van der Waals surface area contributed by atoms with E-state index in [4.69, 9.17) is 5.11 Å². The maximum atomic E-state index is 10.6. The number of rotatable bonds is 3. The SMILES string of the molecule is O=C(O)c1ccc(Nc2nnns2)cc1. The number of benzene rings is 1. The lowest BCUT2D eigenvalue weighted by molar-refractivity contribution is 0.0697. The Morgan fingerprint density at radius 2 is 2.07 bits per heavy atom. The van der Waals surface area contributed by atoms with E-state index in [1.165, 1.54) is 12.1 Å². The highest BCUT2D eigenvalue weighted by Crippen LogP contribution is 2.16. The predicted molar refractivity (Wildman–Crippen MR) is 54.4 cm³/mol. The van der Waals surface area contributed by atoms with Crippen LogP contribution in [0.1, 0.15) is 10.4 Å². The van der Waals surface area contributed by atoms with Gasteiger partial charge in [0.25, 0.3) is 0 Å². The number of aromatic nitrogens is 3. The van der Waals surface area contributed by atoms with Crippen LogP contribution in [0.25, 0.3) is 0 Å². The second-order valence-electron chi connectivity index (χ2n) is 2.68. The molecular weight excluding hydrogens is 216 g/mol. The van der Waals surface area contributed by atoms with Crippen LogP contribution in [-0.4, -0.2) is 25.9 Å². The van der Waals surface area contributed by atoms with Gasteiger partial charge in [-0.3, -0.25) is 0 Å². The molecule has 0 bridgehead atoms. The molecule has 2 rings (SSSR count). The lowest BCUT2D eigenvalue weighted by Crippen LogP contribution is -1.96. The van der Waals surface area contributed by atoms with Crippen LogP contribution in [0, 0.1) is 0 Å². The fourth-order valence-electron chi connectivity index (χ4n) is 1.00. The van der Waals surface area contributed by atoms with Crippen LogP contribution >= 0.6 is 11.5 Å². The Kier molecular flexibility index (Phi) is 2.55. The van der Waals surface area contributed by atoms with Gasteiger partial charge in [0.15, 0.2) is 0 Å². The van der Waals surface area contributed by atoms with Crippen molar-refractivity contribution >= 4 is 28.3 Å². The molecule has 0 aliphatic rings. The third kappa shape index (κ3) is 2.26. The van der Waals surface area contributed by atoms with Crippen LogP contribution in [-0.2, 0) is 0 Å². The molecule has 0 amide bonds. The average molecular weight is 222 g/mol. The van der Waals surface area contributed by atoms with Gasteiger partial charge in [-0.2, -0.15) is 0 Å². The molecule has 0 fully saturated rings. The molecule has 2 aromatic rings. The van der Waals surface area contributed by atoms with Crippen molar-refractivity contribution in [3.05, 3.63) is 29.8 Å². The van der Waals surface area contributed by atoms with Crippen LogP contribution in [0.3, 0.4) is 0 Å². The number of nitrogens with zero attached hydrogens (tertiary/aromatic N) is 3. The Balaban J connectivity index is 2.14. The number of anilines is 2. The molecular formula is C8H6N4O2S. The monoisotopic (exact) mass is 222 g/mol. The third-order valence-electron chi connectivity index (χ3n) is 1.68. The summed E-state index contributed by atoms with van der Waals surface area (Å²) >= 11 is 1.13. The van der Waals surface area contributed by atoms with E-state index >= 15 is 0 Å². The molecule has 7 heteroatoms. The van der Waals surface area contributed by atoms with E-state index < -0.39 is 5.97 Å². The number of aromatic carboxylic acids is 1. The van der Waals surface area contributed by atoms with Gasteiger partial charge in [-0.25, -0.2) is 4.79 Å². The summed E-state index contributed by atoms with van der Waals surface area (Å²) in [6, 6.07) is 6.34. The molecule has 0 saturated carbocycles. The predicted octanol–water partition coefficient (Wildman–Crippen LogP) is 1.37. The number of carboxylic acids is 1. The molecule has 0 saturated heterocycles. The van der Waals surface area contributed by atoms with Gasteiger partial charge in [0.1, 0.15) is 0 Å². The van der Waals surface area contributed by atoms with E-state index in [2.05, 4.69) is 20.1 Å². The standard InChI is InChI=1S/C8H6N4O2S/c13-7(14)5-1-3-6(4-2-5)9-8-10-11-12-15-8/h1-4H,(H,13,14)(H,9,10,12). The summed E-state index contributed by atoms with van der Waals surface area (Å²) in [6.07, 6.45) is 0. The molecule has 6 nitrogen and oxygen atoms in total. The van der Waals surface area contributed by atoms with E-state index in [1.807, 2.05) is 0 Å². The summed E-state index contributed by atoms with van der Waals surface area (Å²) in [7, 11) is 0. The van der Waals surface area contributed by atoms with E-state index in [0.29, 0.717) is 5.13 Å². The number of hydrogen-bond donors (Lipinski definition) is 2. The van der Waals surface area contributed by atoms with Gasteiger partial charge in [-0.1, -0.05) is 9.59 Å². The van der Waals surface area contributed by atoms with Gasteiger partial charge in [-0.05, 0) is 29.5 Å². The van der Waals surface area contributed by atoms with Gasteiger partial charge in [0.05, 0.1) is 5.56 Å². The maximum Gasteiger partial charge on any atom is 0.335 e. The molecule has 0 atom stereocenters. The van der Waals surface area contributed by atoms with E-state index in [0.717, 1.165) is 17.2 Å². The van der Waals surface area contributed by atoms with Crippen LogP contribution < -0.4 is 5.32 Å². The second-order valence-corrected chi connectivity index (χ2v) is 3.41. The topological polar surface area (TPSA) is 88.0 Å². The van der Waals surface area contributed by atoms with E-state index in [9.17, 15) is 4.79 Å². The number of carbonyl (C=O) groups is 1. The zero-order chi connectivity index (χ0) is 10.7. The van der Waals surface area contributed by atoms with E-state index in [-0.39, 0.29) is 5.56 Å². The van der Waals surface area contributed by atoms with Gasteiger partial charge >= 0.3 is 5.97 Å². The van der Waals surface area contributed by atoms with Crippen LogP contribution in [0.5, 0.6) is 0 Å². The minimum Gasteiger partial charge on any atom is -0.478 e.